The summed E-state index contributed by atoms with van der Waals surface area (Å²) in [6, 6.07) is 2.26. The number of aryl methyl sites for hydroxylation is 1. The highest BCUT2D eigenvalue weighted by atomic mass is 16.5. The van der Waals surface area contributed by atoms with Crippen LogP contribution in [0.1, 0.15) is 35.8 Å². The Bertz CT molecular complexity index is 372. The Labute approximate surface area is 97.4 Å². The number of pyridine rings is 1. The quantitative estimate of drug-likeness (QED) is 0.780. The summed E-state index contributed by atoms with van der Waals surface area (Å²) in [4.78, 5) is 6.86. The van der Waals surface area contributed by atoms with E-state index in [0.717, 1.165) is 18.8 Å². The number of methoxy groups -OCH3 is 1. The normalized spacial score (nSPS) is 19.5. The average Bonchev–Trinajstić information content (AvgIpc) is 2.23. The molecular formula is C13H20N2O. The summed E-state index contributed by atoms with van der Waals surface area (Å²) >= 11 is 0. The van der Waals surface area contributed by atoms with Crippen LogP contribution in [0.2, 0.25) is 0 Å². The summed E-state index contributed by atoms with van der Waals surface area (Å²) < 4.78 is 5.30. The van der Waals surface area contributed by atoms with E-state index in [2.05, 4.69) is 29.9 Å². The molecule has 1 unspecified atom stereocenters. The molecule has 0 amide bonds. The van der Waals surface area contributed by atoms with Gasteiger partial charge in [0.1, 0.15) is 0 Å². The maximum absolute atomic E-state index is 5.30. The highest BCUT2D eigenvalue weighted by Crippen LogP contribution is 2.27. The first-order valence-corrected chi connectivity index (χ1v) is 5.79. The molecule has 16 heavy (non-hydrogen) atoms. The molecule has 0 aliphatic carbocycles. The van der Waals surface area contributed by atoms with Crippen molar-refractivity contribution >= 4 is 0 Å². The Morgan fingerprint density at radius 2 is 2.19 bits per heavy atom. The van der Waals surface area contributed by atoms with E-state index in [4.69, 9.17) is 4.74 Å². The first kappa shape index (κ1) is 11.6. The minimum Gasteiger partial charge on any atom is -0.375 e. The monoisotopic (exact) mass is 220 g/mol. The lowest BCUT2D eigenvalue weighted by Gasteiger charge is -2.36. The van der Waals surface area contributed by atoms with Gasteiger partial charge in [-0.3, -0.25) is 4.98 Å². The van der Waals surface area contributed by atoms with Crippen LogP contribution in [0.3, 0.4) is 0 Å². The van der Waals surface area contributed by atoms with Crippen molar-refractivity contribution < 1.29 is 4.74 Å². The molecule has 1 aliphatic rings. The van der Waals surface area contributed by atoms with Gasteiger partial charge >= 0.3 is 0 Å². The number of ether oxygens (including phenoxy) is 1. The summed E-state index contributed by atoms with van der Waals surface area (Å²) in [6.07, 6.45) is 2.09. The van der Waals surface area contributed by atoms with Crippen molar-refractivity contribution in [2.75, 3.05) is 27.2 Å². The lowest BCUT2D eigenvalue weighted by molar-refractivity contribution is 0.115. The standard InChI is InChI=1S/C13H20N2O/c1-9-5-11(12-7-15(3)8-12)6-14-13(9)10(2)16-4/h5-6,10,12H,7-8H2,1-4H3. The van der Waals surface area contributed by atoms with E-state index < -0.39 is 0 Å². The van der Waals surface area contributed by atoms with Gasteiger partial charge in [-0.1, -0.05) is 6.07 Å². The molecule has 3 nitrogen and oxygen atoms in total. The predicted octanol–water partition coefficient (Wildman–Crippen LogP) is 2.13. The number of nitrogens with zero attached hydrogens (tertiary/aromatic N) is 2. The van der Waals surface area contributed by atoms with E-state index in [0.29, 0.717) is 5.92 Å². The third kappa shape index (κ3) is 2.11. The zero-order valence-corrected chi connectivity index (χ0v) is 10.5. The van der Waals surface area contributed by atoms with Gasteiger partial charge in [0.25, 0.3) is 0 Å². The van der Waals surface area contributed by atoms with Crippen molar-refractivity contribution in [3.63, 3.8) is 0 Å². The number of likely N-dealkylation sites (tertiary alicyclic amines) is 1. The van der Waals surface area contributed by atoms with Gasteiger partial charge in [0.15, 0.2) is 0 Å². The number of aromatic nitrogens is 1. The maximum atomic E-state index is 5.30. The van der Waals surface area contributed by atoms with Crippen LogP contribution in [0, 0.1) is 6.92 Å². The van der Waals surface area contributed by atoms with Crippen LogP contribution in [0.15, 0.2) is 12.3 Å². The number of hydrogen-bond donors (Lipinski definition) is 0. The van der Waals surface area contributed by atoms with E-state index in [1.807, 2.05) is 13.1 Å². The molecule has 1 saturated heterocycles. The third-order valence-electron chi connectivity index (χ3n) is 3.41. The van der Waals surface area contributed by atoms with Gasteiger partial charge in [-0.05, 0) is 32.0 Å². The minimum absolute atomic E-state index is 0.0816. The molecule has 0 bridgehead atoms. The lowest BCUT2D eigenvalue weighted by atomic mass is 9.92. The fraction of sp³-hybridized carbons (Fsp3) is 0.615. The number of rotatable bonds is 3. The summed E-state index contributed by atoms with van der Waals surface area (Å²) in [7, 11) is 3.87. The Hall–Kier alpha value is -0.930. The van der Waals surface area contributed by atoms with Crippen molar-refractivity contribution in [1.29, 1.82) is 0 Å². The second kappa shape index (κ2) is 4.52. The van der Waals surface area contributed by atoms with E-state index in [-0.39, 0.29) is 6.10 Å². The molecule has 3 heteroatoms. The van der Waals surface area contributed by atoms with E-state index in [1.165, 1.54) is 11.1 Å². The summed E-state index contributed by atoms with van der Waals surface area (Å²) in [5, 5.41) is 0. The fourth-order valence-corrected chi connectivity index (χ4v) is 2.28. The SMILES string of the molecule is COC(C)c1ncc(C2CN(C)C2)cc1C. The molecule has 2 rings (SSSR count). The van der Waals surface area contributed by atoms with Crippen LogP contribution in [0.25, 0.3) is 0 Å². The molecule has 0 spiro atoms. The Morgan fingerprint density at radius 1 is 1.50 bits per heavy atom. The Kier molecular flexibility index (Phi) is 3.26. The van der Waals surface area contributed by atoms with Gasteiger partial charge in [0, 0.05) is 32.3 Å². The third-order valence-corrected chi connectivity index (χ3v) is 3.41. The molecule has 0 aromatic carbocycles. The Balaban J connectivity index is 2.16. The summed E-state index contributed by atoms with van der Waals surface area (Å²) in [5.41, 5.74) is 3.66. The van der Waals surface area contributed by atoms with Crippen molar-refractivity contribution in [3.8, 4) is 0 Å². The highest BCUT2D eigenvalue weighted by molar-refractivity contribution is 5.29. The van der Waals surface area contributed by atoms with E-state index >= 15 is 0 Å². The Morgan fingerprint density at radius 3 is 2.69 bits per heavy atom. The highest BCUT2D eigenvalue weighted by Gasteiger charge is 2.25. The molecule has 0 radical (unpaired) electrons. The summed E-state index contributed by atoms with van der Waals surface area (Å²) in [6.45, 7) is 6.45. The van der Waals surface area contributed by atoms with Crippen molar-refractivity contribution in [3.05, 3.63) is 29.1 Å². The molecule has 1 aromatic rings. The largest absolute Gasteiger partial charge is 0.375 e. The van der Waals surface area contributed by atoms with Crippen LogP contribution >= 0.6 is 0 Å². The van der Waals surface area contributed by atoms with Crippen molar-refractivity contribution in [1.82, 2.24) is 9.88 Å². The molecular weight excluding hydrogens is 200 g/mol. The number of hydrogen-bond acceptors (Lipinski definition) is 3. The van der Waals surface area contributed by atoms with Crippen LogP contribution in [0.4, 0.5) is 0 Å². The number of likely N-dealkylation sites (N-methyl/N-ethyl adjacent to an activating group) is 1. The van der Waals surface area contributed by atoms with Gasteiger partial charge in [0.05, 0.1) is 11.8 Å². The molecule has 2 heterocycles. The first-order chi connectivity index (χ1) is 7.61. The summed E-state index contributed by atoms with van der Waals surface area (Å²) in [5.74, 6) is 0.670. The fourth-order valence-electron chi connectivity index (χ4n) is 2.28. The van der Waals surface area contributed by atoms with Gasteiger partial charge in [-0.2, -0.15) is 0 Å². The van der Waals surface area contributed by atoms with E-state index in [1.54, 1.807) is 7.11 Å². The van der Waals surface area contributed by atoms with Gasteiger partial charge < -0.3 is 9.64 Å². The first-order valence-electron chi connectivity index (χ1n) is 5.79. The van der Waals surface area contributed by atoms with Crippen molar-refractivity contribution in [2.24, 2.45) is 0 Å². The zero-order chi connectivity index (χ0) is 11.7. The van der Waals surface area contributed by atoms with Crippen LogP contribution in [0.5, 0.6) is 0 Å². The smallest absolute Gasteiger partial charge is 0.0965 e. The van der Waals surface area contributed by atoms with E-state index in [9.17, 15) is 0 Å². The topological polar surface area (TPSA) is 25.4 Å². The molecule has 0 N–H and O–H groups in total. The zero-order valence-electron chi connectivity index (χ0n) is 10.5. The van der Waals surface area contributed by atoms with Crippen molar-refractivity contribution in [2.45, 2.75) is 25.9 Å². The van der Waals surface area contributed by atoms with Crippen LogP contribution < -0.4 is 0 Å². The van der Waals surface area contributed by atoms with Gasteiger partial charge in [0.2, 0.25) is 0 Å². The second-order valence-corrected chi connectivity index (χ2v) is 4.77. The molecule has 88 valence electrons. The minimum atomic E-state index is 0.0816. The van der Waals surface area contributed by atoms with Crippen LogP contribution in [-0.4, -0.2) is 37.1 Å². The van der Waals surface area contributed by atoms with Crippen LogP contribution in [-0.2, 0) is 4.74 Å². The maximum Gasteiger partial charge on any atom is 0.0965 e. The predicted molar refractivity (Wildman–Crippen MR) is 64.6 cm³/mol. The second-order valence-electron chi connectivity index (χ2n) is 4.77. The average molecular weight is 220 g/mol. The lowest BCUT2D eigenvalue weighted by Crippen LogP contribution is -2.41. The molecule has 1 fully saturated rings. The van der Waals surface area contributed by atoms with Gasteiger partial charge in [-0.25, -0.2) is 0 Å². The molecule has 1 aromatic heterocycles. The molecule has 1 aliphatic heterocycles. The molecule has 0 saturated carbocycles. The van der Waals surface area contributed by atoms with Gasteiger partial charge in [-0.15, -0.1) is 0 Å². The molecule has 1 atom stereocenters.